The molecule has 0 amide bonds. The Morgan fingerprint density at radius 2 is 1.95 bits per heavy atom. The topological polar surface area (TPSA) is 21.3 Å². The smallest absolute Gasteiger partial charge is 0.133 e. The first-order chi connectivity index (χ1) is 9.70. The minimum Gasteiger partial charge on any atom is -0.496 e. The fourth-order valence-electron chi connectivity index (χ4n) is 3.08. The minimum atomic E-state index is 0.606. The van der Waals surface area contributed by atoms with Crippen molar-refractivity contribution in [2.45, 2.75) is 58.0 Å². The Kier molecular flexibility index (Phi) is 6.37. The largest absolute Gasteiger partial charge is 0.496 e. The summed E-state index contributed by atoms with van der Waals surface area (Å²) in [5, 5.41) is 3.70. The number of benzene rings is 1. The third-order valence-corrected chi connectivity index (χ3v) is 5.07. The van der Waals surface area contributed by atoms with Crippen molar-refractivity contribution in [3.8, 4) is 5.75 Å². The van der Waals surface area contributed by atoms with Gasteiger partial charge < -0.3 is 10.1 Å². The maximum Gasteiger partial charge on any atom is 0.133 e. The summed E-state index contributed by atoms with van der Waals surface area (Å²) in [4.78, 5) is 0. The molecule has 1 saturated carbocycles. The molecule has 3 heteroatoms. The number of ether oxygens (including phenoxy) is 1. The molecule has 0 spiro atoms. The zero-order valence-electron chi connectivity index (χ0n) is 12.6. The predicted octanol–water partition coefficient (Wildman–Crippen LogP) is 4.91. The van der Waals surface area contributed by atoms with Crippen molar-refractivity contribution >= 4 is 15.9 Å². The monoisotopic (exact) mass is 339 g/mol. The third kappa shape index (κ3) is 4.49. The molecule has 0 aliphatic heterocycles. The molecule has 0 saturated heterocycles. The van der Waals surface area contributed by atoms with Gasteiger partial charge in [-0.3, -0.25) is 0 Å². The molecule has 1 N–H and O–H groups in total. The van der Waals surface area contributed by atoms with Gasteiger partial charge in [0.25, 0.3) is 0 Å². The summed E-state index contributed by atoms with van der Waals surface area (Å²) in [5.74, 6) is 1.74. The summed E-state index contributed by atoms with van der Waals surface area (Å²) >= 11 is 3.55. The van der Waals surface area contributed by atoms with E-state index in [0.29, 0.717) is 6.04 Å². The van der Waals surface area contributed by atoms with Gasteiger partial charge in [0.05, 0.1) is 11.6 Å². The van der Waals surface area contributed by atoms with Crippen LogP contribution in [0.2, 0.25) is 0 Å². The molecule has 0 aromatic heterocycles. The molecule has 1 atom stereocenters. The van der Waals surface area contributed by atoms with Crippen LogP contribution in [0.25, 0.3) is 0 Å². The lowest BCUT2D eigenvalue weighted by Crippen LogP contribution is -2.32. The van der Waals surface area contributed by atoms with Crippen LogP contribution in [0.5, 0.6) is 5.75 Å². The second kappa shape index (κ2) is 8.04. The van der Waals surface area contributed by atoms with E-state index in [1.165, 1.54) is 44.1 Å². The van der Waals surface area contributed by atoms with Crippen molar-refractivity contribution in [2.24, 2.45) is 5.92 Å². The highest BCUT2D eigenvalue weighted by Gasteiger charge is 2.18. The van der Waals surface area contributed by atoms with Crippen molar-refractivity contribution in [2.75, 3.05) is 7.11 Å². The van der Waals surface area contributed by atoms with E-state index in [1.54, 1.807) is 7.11 Å². The lowest BCUT2D eigenvalue weighted by Gasteiger charge is -2.23. The van der Waals surface area contributed by atoms with Gasteiger partial charge in [0.2, 0.25) is 0 Å². The van der Waals surface area contributed by atoms with Crippen molar-refractivity contribution in [3.63, 3.8) is 0 Å². The van der Waals surface area contributed by atoms with Crippen LogP contribution in [-0.2, 0) is 6.54 Å². The molecule has 1 fully saturated rings. The highest BCUT2D eigenvalue weighted by atomic mass is 79.9. The summed E-state index contributed by atoms with van der Waals surface area (Å²) in [7, 11) is 1.70. The molecule has 0 unspecified atom stereocenters. The van der Waals surface area contributed by atoms with Gasteiger partial charge in [0.1, 0.15) is 5.75 Å². The first-order valence-electron chi connectivity index (χ1n) is 7.76. The molecule has 1 aliphatic rings. The Morgan fingerprint density at radius 3 is 2.55 bits per heavy atom. The van der Waals surface area contributed by atoms with Crippen LogP contribution < -0.4 is 10.1 Å². The van der Waals surface area contributed by atoms with Crippen molar-refractivity contribution in [1.82, 2.24) is 5.32 Å². The van der Waals surface area contributed by atoms with Crippen molar-refractivity contribution in [1.29, 1.82) is 0 Å². The van der Waals surface area contributed by atoms with Crippen LogP contribution in [-0.4, -0.2) is 13.2 Å². The normalized spacial score (nSPS) is 18.6. The number of halogens is 1. The van der Waals surface area contributed by atoms with Gasteiger partial charge in [0.15, 0.2) is 0 Å². The Labute approximate surface area is 131 Å². The highest BCUT2D eigenvalue weighted by Crippen LogP contribution is 2.27. The van der Waals surface area contributed by atoms with Crippen LogP contribution in [0, 0.1) is 5.92 Å². The Hall–Kier alpha value is -0.540. The van der Waals surface area contributed by atoms with Gasteiger partial charge in [-0.15, -0.1) is 0 Å². The molecular weight excluding hydrogens is 314 g/mol. The van der Waals surface area contributed by atoms with Gasteiger partial charge in [0, 0.05) is 12.6 Å². The quantitative estimate of drug-likeness (QED) is 0.769. The second-order valence-electron chi connectivity index (χ2n) is 5.89. The molecule has 2 nitrogen and oxygen atoms in total. The average Bonchev–Trinajstić information content (AvgIpc) is 2.74. The van der Waals surface area contributed by atoms with E-state index in [4.69, 9.17) is 4.74 Å². The zero-order valence-corrected chi connectivity index (χ0v) is 14.2. The summed E-state index contributed by atoms with van der Waals surface area (Å²) in [6.07, 6.45) is 8.44. The van der Waals surface area contributed by atoms with E-state index in [-0.39, 0.29) is 0 Å². The van der Waals surface area contributed by atoms with Crippen molar-refractivity contribution in [3.05, 3.63) is 28.2 Å². The van der Waals surface area contributed by atoms with Crippen LogP contribution in [0.3, 0.4) is 0 Å². The van der Waals surface area contributed by atoms with E-state index in [0.717, 1.165) is 22.7 Å². The van der Waals surface area contributed by atoms with E-state index < -0.39 is 0 Å². The molecule has 20 heavy (non-hydrogen) atoms. The Morgan fingerprint density at radius 1 is 1.25 bits per heavy atom. The van der Waals surface area contributed by atoms with Gasteiger partial charge in [-0.05, 0) is 59.3 Å². The SMILES string of the molecule is COc1ccc(CN[C@H](C)C2CCCCCC2)cc1Br. The number of hydrogen-bond acceptors (Lipinski definition) is 2. The fourth-order valence-corrected chi connectivity index (χ4v) is 3.66. The average molecular weight is 340 g/mol. The minimum absolute atomic E-state index is 0.606. The Balaban J connectivity index is 1.85. The first-order valence-corrected chi connectivity index (χ1v) is 8.56. The zero-order chi connectivity index (χ0) is 14.4. The van der Waals surface area contributed by atoms with Crippen LogP contribution >= 0.6 is 15.9 Å². The van der Waals surface area contributed by atoms with Crippen LogP contribution in [0.15, 0.2) is 22.7 Å². The van der Waals surface area contributed by atoms with E-state index in [9.17, 15) is 0 Å². The summed E-state index contributed by atoms with van der Waals surface area (Å²) in [6, 6.07) is 6.91. The lowest BCUT2D eigenvalue weighted by atomic mass is 9.93. The van der Waals surface area contributed by atoms with Crippen LogP contribution in [0.1, 0.15) is 51.0 Å². The lowest BCUT2D eigenvalue weighted by molar-refractivity contribution is 0.336. The van der Waals surface area contributed by atoms with E-state index in [2.05, 4.69) is 40.3 Å². The van der Waals surface area contributed by atoms with Gasteiger partial charge in [-0.2, -0.15) is 0 Å². The van der Waals surface area contributed by atoms with Gasteiger partial charge in [-0.1, -0.05) is 31.7 Å². The first kappa shape index (κ1) is 15.8. The molecular formula is C17H26BrNO. The maximum absolute atomic E-state index is 5.27. The molecule has 0 bridgehead atoms. The number of nitrogens with one attached hydrogen (secondary N) is 1. The Bertz CT molecular complexity index is 413. The number of hydrogen-bond donors (Lipinski definition) is 1. The fraction of sp³-hybridized carbons (Fsp3) is 0.647. The van der Waals surface area contributed by atoms with Gasteiger partial charge in [-0.25, -0.2) is 0 Å². The second-order valence-corrected chi connectivity index (χ2v) is 6.74. The molecule has 1 aliphatic carbocycles. The summed E-state index contributed by atoms with van der Waals surface area (Å²) in [6.45, 7) is 3.27. The molecule has 0 heterocycles. The van der Waals surface area contributed by atoms with Crippen LogP contribution in [0.4, 0.5) is 0 Å². The predicted molar refractivity (Wildman–Crippen MR) is 88.2 cm³/mol. The molecule has 1 aromatic rings. The third-order valence-electron chi connectivity index (χ3n) is 4.45. The van der Waals surface area contributed by atoms with Gasteiger partial charge >= 0.3 is 0 Å². The standard InChI is InChI=1S/C17H26BrNO/c1-13(15-7-5-3-4-6-8-15)19-12-14-9-10-17(20-2)16(18)11-14/h9-11,13,15,19H,3-8,12H2,1-2H3/t13-/m1/s1. The summed E-state index contributed by atoms with van der Waals surface area (Å²) < 4.78 is 6.30. The molecule has 0 radical (unpaired) electrons. The number of methoxy groups -OCH3 is 1. The summed E-state index contributed by atoms with van der Waals surface area (Å²) in [5.41, 5.74) is 1.30. The molecule has 112 valence electrons. The molecule has 1 aromatic carbocycles. The van der Waals surface area contributed by atoms with E-state index in [1.807, 2.05) is 6.07 Å². The van der Waals surface area contributed by atoms with Crippen molar-refractivity contribution < 1.29 is 4.74 Å². The van der Waals surface area contributed by atoms with E-state index >= 15 is 0 Å². The molecule has 2 rings (SSSR count). The maximum atomic E-state index is 5.27. The number of rotatable bonds is 5. The highest BCUT2D eigenvalue weighted by molar-refractivity contribution is 9.10.